The van der Waals surface area contributed by atoms with Crippen molar-refractivity contribution in [3.05, 3.63) is 0 Å². The van der Waals surface area contributed by atoms with Gasteiger partial charge in [0.05, 0.1) is 19.3 Å². The summed E-state index contributed by atoms with van der Waals surface area (Å²) in [5.74, 6) is 0. The highest BCUT2D eigenvalue weighted by Gasteiger charge is 2.12. The monoisotopic (exact) mass is 258 g/mol. The highest BCUT2D eigenvalue weighted by Crippen LogP contribution is 2.00. The first-order valence-corrected chi connectivity index (χ1v) is 7.32. The fourth-order valence-electron chi connectivity index (χ4n) is 1.99. The zero-order chi connectivity index (χ0) is 13.2. The molecule has 0 radical (unpaired) electrons. The molecule has 0 aromatic carbocycles. The molecule has 4 heteroatoms. The molecule has 1 fully saturated rings. The third-order valence-corrected chi connectivity index (χ3v) is 3.56. The summed E-state index contributed by atoms with van der Waals surface area (Å²) in [5, 5.41) is 0. The molecule has 1 aliphatic rings. The quantitative estimate of drug-likeness (QED) is 0.585. The van der Waals surface area contributed by atoms with Crippen LogP contribution in [0.1, 0.15) is 26.7 Å². The van der Waals surface area contributed by atoms with Crippen LogP contribution in [0.15, 0.2) is 0 Å². The Bertz CT molecular complexity index is 194. The van der Waals surface area contributed by atoms with Gasteiger partial charge < -0.3 is 19.3 Å². The normalized spacial score (nSPS) is 20.2. The van der Waals surface area contributed by atoms with E-state index in [2.05, 4.69) is 30.7 Å². The second-order valence-corrected chi connectivity index (χ2v) is 5.20. The Morgan fingerprint density at radius 2 is 1.78 bits per heavy atom. The van der Waals surface area contributed by atoms with Crippen molar-refractivity contribution in [3.8, 4) is 0 Å². The molecule has 1 saturated heterocycles. The van der Waals surface area contributed by atoms with E-state index in [0.717, 1.165) is 32.7 Å². The maximum Gasteiger partial charge on any atom is 0.0704 e. The van der Waals surface area contributed by atoms with Crippen LogP contribution < -0.4 is 0 Å². The molecule has 1 atom stereocenters. The smallest absolute Gasteiger partial charge is 0.0704 e. The molecule has 0 N–H and O–H groups in total. The van der Waals surface area contributed by atoms with Crippen molar-refractivity contribution in [3.63, 3.8) is 0 Å². The number of hydrogen-bond acceptors (Lipinski definition) is 4. The van der Waals surface area contributed by atoms with Gasteiger partial charge in [-0.15, -0.1) is 0 Å². The molecule has 1 unspecified atom stereocenters. The highest BCUT2D eigenvalue weighted by molar-refractivity contribution is 4.68. The summed E-state index contributed by atoms with van der Waals surface area (Å²) in [6.45, 7) is 12.5. The minimum absolute atomic E-state index is 0.360. The van der Waals surface area contributed by atoms with Gasteiger partial charge in [0, 0.05) is 39.3 Å². The number of ether oxygens (including phenoxy) is 2. The van der Waals surface area contributed by atoms with Crippen LogP contribution in [-0.4, -0.2) is 75.5 Å². The summed E-state index contributed by atoms with van der Waals surface area (Å²) in [6, 6.07) is 0. The topological polar surface area (TPSA) is 24.9 Å². The van der Waals surface area contributed by atoms with Crippen LogP contribution >= 0.6 is 0 Å². The van der Waals surface area contributed by atoms with Gasteiger partial charge in [-0.1, -0.05) is 6.92 Å². The number of hydrogen-bond donors (Lipinski definition) is 0. The van der Waals surface area contributed by atoms with Crippen molar-refractivity contribution in [1.82, 2.24) is 9.80 Å². The largest absolute Gasteiger partial charge is 0.379 e. The van der Waals surface area contributed by atoms with Crippen molar-refractivity contribution in [1.29, 1.82) is 0 Å². The molecule has 108 valence electrons. The lowest BCUT2D eigenvalue weighted by Crippen LogP contribution is -2.44. The van der Waals surface area contributed by atoms with Gasteiger partial charge in [-0.3, -0.25) is 0 Å². The molecule has 1 rings (SSSR count). The molecule has 4 nitrogen and oxygen atoms in total. The minimum atomic E-state index is 0.360. The van der Waals surface area contributed by atoms with Crippen molar-refractivity contribution in [2.75, 3.05) is 59.6 Å². The van der Waals surface area contributed by atoms with Gasteiger partial charge in [-0.05, 0) is 26.8 Å². The zero-order valence-corrected chi connectivity index (χ0v) is 12.4. The van der Waals surface area contributed by atoms with E-state index in [4.69, 9.17) is 9.47 Å². The second-order valence-electron chi connectivity index (χ2n) is 5.20. The Hall–Kier alpha value is -0.160. The van der Waals surface area contributed by atoms with Crippen LogP contribution in [0.4, 0.5) is 0 Å². The SMILES string of the molecule is CCC(C)OCCOCCCN1CCN(C)CC1. The fourth-order valence-corrected chi connectivity index (χ4v) is 1.99. The van der Waals surface area contributed by atoms with Crippen LogP contribution in [0, 0.1) is 0 Å². The van der Waals surface area contributed by atoms with Gasteiger partial charge in [0.1, 0.15) is 0 Å². The van der Waals surface area contributed by atoms with E-state index in [1.807, 2.05) is 0 Å². The van der Waals surface area contributed by atoms with Crippen molar-refractivity contribution in [2.24, 2.45) is 0 Å². The molecule has 0 aliphatic carbocycles. The van der Waals surface area contributed by atoms with Crippen LogP contribution in [-0.2, 0) is 9.47 Å². The molecule has 1 aliphatic heterocycles. The Morgan fingerprint density at radius 3 is 2.44 bits per heavy atom. The number of nitrogens with zero attached hydrogens (tertiary/aromatic N) is 2. The lowest BCUT2D eigenvalue weighted by Gasteiger charge is -2.32. The van der Waals surface area contributed by atoms with Crippen molar-refractivity contribution < 1.29 is 9.47 Å². The summed E-state index contributed by atoms with van der Waals surface area (Å²) >= 11 is 0. The third kappa shape index (κ3) is 7.31. The van der Waals surface area contributed by atoms with E-state index in [9.17, 15) is 0 Å². The molecule has 0 saturated carbocycles. The first-order valence-electron chi connectivity index (χ1n) is 7.32. The zero-order valence-electron chi connectivity index (χ0n) is 12.4. The second kappa shape index (κ2) is 9.73. The average molecular weight is 258 g/mol. The van der Waals surface area contributed by atoms with E-state index in [1.165, 1.54) is 32.7 Å². The first kappa shape index (κ1) is 15.9. The summed E-state index contributed by atoms with van der Waals surface area (Å²) < 4.78 is 11.1. The molecular weight excluding hydrogens is 228 g/mol. The number of likely N-dealkylation sites (N-methyl/N-ethyl adjacent to an activating group) is 1. The van der Waals surface area contributed by atoms with Gasteiger partial charge in [0.15, 0.2) is 0 Å². The van der Waals surface area contributed by atoms with Crippen LogP contribution in [0.25, 0.3) is 0 Å². The van der Waals surface area contributed by atoms with Gasteiger partial charge in [0.25, 0.3) is 0 Å². The summed E-state index contributed by atoms with van der Waals surface area (Å²) in [7, 11) is 2.19. The average Bonchev–Trinajstić information content (AvgIpc) is 2.39. The van der Waals surface area contributed by atoms with E-state index >= 15 is 0 Å². The lowest BCUT2D eigenvalue weighted by atomic mass is 10.3. The lowest BCUT2D eigenvalue weighted by molar-refractivity contribution is 0.00869. The Morgan fingerprint density at radius 1 is 1.06 bits per heavy atom. The van der Waals surface area contributed by atoms with Gasteiger partial charge in [-0.25, -0.2) is 0 Å². The summed E-state index contributed by atoms with van der Waals surface area (Å²) in [6.07, 6.45) is 2.56. The van der Waals surface area contributed by atoms with E-state index in [0.29, 0.717) is 6.10 Å². The maximum absolute atomic E-state index is 5.58. The highest BCUT2D eigenvalue weighted by atomic mass is 16.5. The number of rotatable bonds is 9. The van der Waals surface area contributed by atoms with Gasteiger partial charge >= 0.3 is 0 Å². The van der Waals surface area contributed by atoms with Crippen molar-refractivity contribution in [2.45, 2.75) is 32.8 Å². The molecule has 0 spiro atoms. The maximum atomic E-state index is 5.58. The summed E-state index contributed by atoms with van der Waals surface area (Å²) in [5.41, 5.74) is 0. The third-order valence-electron chi connectivity index (χ3n) is 3.56. The fraction of sp³-hybridized carbons (Fsp3) is 1.00. The first-order chi connectivity index (χ1) is 8.72. The van der Waals surface area contributed by atoms with Crippen LogP contribution in [0.3, 0.4) is 0 Å². The molecular formula is C14H30N2O2. The Balaban J connectivity index is 1.84. The minimum Gasteiger partial charge on any atom is -0.379 e. The molecule has 0 aromatic rings. The predicted molar refractivity (Wildman–Crippen MR) is 75.1 cm³/mol. The Labute approximate surface area is 112 Å². The molecule has 1 heterocycles. The van der Waals surface area contributed by atoms with E-state index < -0.39 is 0 Å². The van der Waals surface area contributed by atoms with Crippen LogP contribution in [0.5, 0.6) is 0 Å². The summed E-state index contributed by atoms with van der Waals surface area (Å²) in [4.78, 5) is 4.91. The molecule has 0 amide bonds. The Kier molecular flexibility index (Phi) is 8.59. The van der Waals surface area contributed by atoms with Crippen molar-refractivity contribution >= 4 is 0 Å². The molecule has 0 aromatic heterocycles. The van der Waals surface area contributed by atoms with Gasteiger partial charge in [0.2, 0.25) is 0 Å². The van der Waals surface area contributed by atoms with E-state index in [1.54, 1.807) is 0 Å². The molecule has 18 heavy (non-hydrogen) atoms. The predicted octanol–water partition coefficient (Wildman–Crippen LogP) is 1.46. The van der Waals surface area contributed by atoms with E-state index in [-0.39, 0.29) is 0 Å². The van der Waals surface area contributed by atoms with Crippen LogP contribution in [0.2, 0.25) is 0 Å². The number of piperazine rings is 1. The molecule has 0 bridgehead atoms. The standard InChI is InChI=1S/C14H30N2O2/c1-4-14(2)18-13-12-17-11-5-6-16-9-7-15(3)8-10-16/h14H,4-13H2,1-3H3. The van der Waals surface area contributed by atoms with Gasteiger partial charge in [-0.2, -0.15) is 0 Å².